The third kappa shape index (κ3) is 17.5. The van der Waals surface area contributed by atoms with E-state index in [0.717, 1.165) is 35.7 Å². The Hall–Kier alpha value is -7.14. The van der Waals surface area contributed by atoms with Crippen LogP contribution < -0.4 is 16.0 Å². The number of nitrogens with zero attached hydrogens (tertiary/aromatic N) is 15. The van der Waals surface area contributed by atoms with Crippen molar-refractivity contribution < 1.29 is 99.4 Å². The van der Waals surface area contributed by atoms with E-state index in [9.17, 15) is 54.0 Å². The fourth-order valence-corrected chi connectivity index (χ4v) is 14.7. The number of aliphatic hydroxyl groups is 9. The number of aryl methyl sites for hydroxylation is 3. The van der Waals surface area contributed by atoms with Gasteiger partial charge in [0, 0.05) is 88.7 Å². The Balaban J connectivity index is 0.000000163. The number of rotatable bonds is 30. The Morgan fingerprint density at radius 2 is 0.870 bits per heavy atom. The normalized spacial score (nSPS) is 32.4. The number of anilines is 3. The molecule has 6 fully saturated rings. The highest BCUT2D eigenvalue weighted by molar-refractivity contribution is 7.99. The molecule has 30 nitrogen and oxygen atoms in total. The lowest BCUT2D eigenvalue weighted by Crippen LogP contribution is -2.33. The zero-order valence-corrected chi connectivity index (χ0v) is 61.1. The number of nitrogens with one attached hydrogen (secondary N) is 3. The molecule has 6 aliphatic carbocycles. The Morgan fingerprint density at radius 1 is 0.491 bits per heavy atom. The van der Waals surface area contributed by atoms with Crippen LogP contribution in [0.25, 0.3) is 33.5 Å². The number of fused-ring (bicyclic) bond motifs is 3. The maximum absolute atomic E-state index is 14.4. The number of aromatic nitrogens is 15. The van der Waals surface area contributed by atoms with Crippen LogP contribution >= 0.6 is 35.3 Å². The molecular formula is C72H93F3N18O12S3. The molecule has 12 N–H and O–H groups in total. The topological polar surface area (TPSA) is 415 Å². The third-order valence-electron chi connectivity index (χ3n) is 19.2. The first-order valence-electron chi connectivity index (χ1n) is 44.0. The van der Waals surface area contributed by atoms with Crippen LogP contribution in [-0.4, -0.2) is 250 Å². The van der Waals surface area contributed by atoms with Crippen molar-refractivity contribution >= 4 is 86.2 Å². The Morgan fingerprint density at radius 3 is 1.24 bits per heavy atom. The van der Waals surface area contributed by atoms with Crippen molar-refractivity contribution in [3.05, 3.63) is 105 Å². The molecule has 108 heavy (non-hydrogen) atoms. The van der Waals surface area contributed by atoms with Crippen molar-refractivity contribution in [2.45, 2.75) is 224 Å². The molecule has 0 spiro atoms. The first-order chi connectivity index (χ1) is 58.9. The molecule has 9 aromatic rings. The summed E-state index contributed by atoms with van der Waals surface area (Å²) in [6.45, 7) is -1.57. The summed E-state index contributed by atoms with van der Waals surface area (Å²) >= 11 is 1.61. The van der Waals surface area contributed by atoms with Crippen LogP contribution in [0.1, 0.15) is 174 Å². The molecule has 6 heterocycles. The molecule has 0 radical (unpaired) electrons. The molecule has 3 aromatic carbocycles. The summed E-state index contributed by atoms with van der Waals surface area (Å²) < 4.78 is 214. The maximum Gasteiger partial charge on any atom is 0.191 e. The lowest BCUT2D eigenvalue weighted by atomic mass is 10.1. The van der Waals surface area contributed by atoms with E-state index in [4.69, 9.17) is 45.4 Å². The van der Waals surface area contributed by atoms with Crippen molar-refractivity contribution in [3.63, 3.8) is 0 Å². The van der Waals surface area contributed by atoms with E-state index < -0.39 is 153 Å². The number of aliphatic hydroxyl groups excluding tert-OH is 7. The van der Waals surface area contributed by atoms with Gasteiger partial charge in [0.15, 0.2) is 66.4 Å². The number of hydrogen-bond acceptors (Lipinski definition) is 30. The third-order valence-corrected chi connectivity index (χ3v) is 21.4. The monoisotopic (exact) mass is 1570 g/mol. The van der Waals surface area contributed by atoms with Gasteiger partial charge in [-0.05, 0) is 111 Å². The summed E-state index contributed by atoms with van der Waals surface area (Å²) in [5, 5.41) is 126. The van der Waals surface area contributed by atoms with Crippen molar-refractivity contribution in [1.29, 1.82) is 0 Å². The van der Waals surface area contributed by atoms with Gasteiger partial charge in [-0.3, -0.25) is 0 Å². The van der Waals surface area contributed by atoms with Crippen LogP contribution in [0.2, 0.25) is 0 Å². The summed E-state index contributed by atoms with van der Waals surface area (Å²) in [7, 11) is 0. The number of benzene rings is 3. The molecule has 6 aliphatic rings. The van der Waals surface area contributed by atoms with Gasteiger partial charge in [0.25, 0.3) is 0 Å². The quantitative estimate of drug-likeness (QED) is 0.0168. The summed E-state index contributed by atoms with van der Waals surface area (Å²) in [6.07, 6.45) is -17.6. The molecule has 0 unspecified atom stereocenters. The van der Waals surface area contributed by atoms with E-state index in [-0.39, 0.29) is 146 Å². The van der Waals surface area contributed by atoms with Crippen molar-refractivity contribution in [3.8, 4) is 0 Å². The summed E-state index contributed by atoms with van der Waals surface area (Å²) in [6, 6.07) is 9.07. The Labute approximate surface area is 659 Å². The number of thioether (sulfide) groups is 3. The Bertz CT molecular complexity index is 5530. The minimum Gasteiger partial charge on any atom is -0.394 e. The largest absolute Gasteiger partial charge is 0.394 e. The molecule has 6 saturated carbocycles. The summed E-state index contributed by atoms with van der Waals surface area (Å²) in [5.41, 5.74) is -2.92. The first kappa shape index (κ1) is 57.8. The molecule has 0 saturated heterocycles. The molecule has 0 aliphatic heterocycles. The highest BCUT2D eigenvalue weighted by atomic mass is 32.2. The van der Waals surface area contributed by atoms with Crippen LogP contribution in [0.5, 0.6) is 0 Å². The van der Waals surface area contributed by atoms with E-state index >= 15 is 0 Å². The van der Waals surface area contributed by atoms with Gasteiger partial charge in [-0.2, -0.15) is 0 Å². The second kappa shape index (κ2) is 35.1. The van der Waals surface area contributed by atoms with Crippen molar-refractivity contribution in [2.75, 3.05) is 72.6 Å². The van der Waals surface area contributed by atoms with E-state index in [2.05, 4.69) is 76.8 Å². The van der Waals surface area contributed by atoms with Crippen LogP contribution in [0, 0.1) is 38.2 Å². The van der Waals surface area contributed by atoms with Crippen LogP contribution in [0.4, 0.5) is 30.6 Å². The van der Waals surface area contributed by atoms with E-state index in [0.29, 0.717) is 64.8 Å². The van der Waals surface area contributed by atoms with Gasteiger partial charge in [-0.1, -0.05) is 108 Å². The molecule has 15 rings (SSSR count). The number of ether oxygens (including phenoxy) is 3. The molecule has 36 heteroatoms. The highest BCUT2D eigenvalue weighted by Gasteiger charge is 2.49. The fraction of sp³-hybridized carbons (Fsp3) is 0.583. The van der Waals surface area contributed by atoms with Crippen LogP contribution in [-0.2, 0) is 14.2 Å². The lowest BCUT2D eigenvalue weighted by Gasteiger charge is -2.17. The smallest absolute Gasteiger partial charge is 0.191 e. The Kier molecular flexibility index (Phi) is 18.8. The predicted octanol–water partition coefficient (Wildman–Crippen LogP) is 6.55. The summed E-state index contributed by atoms with van der Waals surface area (Å²) in [5.74, 6) is -2.07. The van der Waals surface area contributed by atoms with E-state index in [1.54, 1.807) is 39.8 Å². The highest BCUT2D eigenvalue weighted by Crippen LogP contribution is 2.48. The standard InChI is InChI=1S/3C24H31FN6O4S/c3*1-3-8-36-24-27-22(26-16-10-14(16)13-5-4-12(2)15(25)9-13)19-23(28-24)31(30-29-19)17-11-18(35-7-6-32)21(34)20(17)33/h3*4-5,9,14,16-18,20-21,32-34H,3,6-8,10-11H2,1-2H3,(H,26,27,28)/t3*14-,16+,17+,18-,20-,21+/m000/s1/i6D2,7D2,8D2,10D2,16D;3D2,6D2,8D2;3D2,8D2. The first-order valence-corrected chi connectivity index (χ1v) is 36.9. The fourth-order valence-electron chi connectivity index (χ4n) is 13.2. The van der Waals surface area contributed by atoms with Gasteiger partial charge in [-0.25, -0.2) is 57.1 Å². The van der Waals surface area contributed by atoms with Gasteiger partial charge < -0.3 is 76.1 Å². The van der Waals surface area contributed by atoms with Crippen LogP contribution in [0.15, 0.2) is 70.1 Å². The van der Waals surface area contributed by atoms with Gasteiger partial charge in [0.2, 0.25) is 0 Å². The molecule has 18 atom stereocenters. The van der Waals surface area contributed by atoms with E-state index in [1.165, 1.54) is 33.6 Å². The second-order valence-corrected chi connectivity index (χ2v) is 28.8. The lowest BCUT2D eigenvalue weighted by molar-refractivity contribution is -0.0629. The molecular weight excluding hydrogens is 1460 g/mol. The molecule has 0 bridgehead atoms. The minimum absolute atomic E-state index is 0.0127. The zero-order valence-electron chi connectivity index (χ0n) is 77.7. The molecule has 0 amide bonds. The van der Waals surface area contributed by atoms with Crippen molar-refractivity contribution in [1.82, 2.24) is 74.9 Å². The van der Waals surface area contributed by atoms with E-state index in [1.807, 2.05) is 12.1 Å². The average Bonchev–Trinajstić information content (AvgIpc) is 1.51. The molecule has 6 aromatic heterocycles. The van der Waals surface area contributed by atoms with Gasteiger partial charge in [-0.15, -0.1) is 15.3 Å². The zero-order chi connectivity index (χ0) is 93.2. The predicted molar refractivity (Wildman–Crippen MR) is 398 cm³/mol. The minimum atomic E-state index is -3.43. The van der Waals surface area contributed by atoms with Gasteiger partial charge in [0.1, 0.15) is 54.1 Å². The molecule has 582 valence electrons. The van der Waals surface area contributed by atoms with Crippen LogP contribution in [0.3, 0.4) is 0 Å². The maximum atomic E-state index is 14.4. The van der Waals surface area contributed by atoms with Gasteiger partial charge >= 0.3 is 0 Å². The van der Waals surface area contributed by atoms with Gasteiger partial charge in [0.05, 0.1) is 85.5 Å². The average molecular weight is 1570 g/mol. The number of hydrogen-bond donors (Lipinski definition) is 12. The van der Waals surface area contributed by atoms with Crippen molar-refractivity contribution in [2.24, 2.45) is 0 Å². The SMILES string of the molecule is [2H]C([2H])(C)C([2H])([2H])Sc1nc(N[C@@H]2C[C@H]2c2ccc(C)c(F)c2)c2nnn([C@@H]3C[C@H](OCCO)[C@@H](O)[C@H]3O)c2n1.[2H]C([2H])(CC)Sc1nc(N[C@@]2([2H])[C@H](c3ccc(C)c(F)c3)C2([2H])[2H])c2nnn([C@@H]3C[C@H](OC([2H])([2H])C([2H])([2H])O)[C@@H](O)[C@H]3O)c2n1.[2H]C([2H])(O)CO[C@H]1C[C@@H](n2nnc3c(N[C@@H]4C[C@H]4c4ccc(C)c(F)c4)nc(SC([2H])([2H])C([2H])([2H])C)nc32)[C@H](O)[C@@H]1O. The summed E-state index contributed by atoms with van der Waals surface area (Å²) in [4.78, 5) is 26.4. The number of halogens is 3. The second-order valence-electron chi connectivity index (χ2n) is 26.4.